The van der Waals surface area contributed by atoms with Gasteiger partial charge < -0.3 is 29.6 Å². The van der Waals surface area contributed by atoms with Crippen molar-refractivity contribution in [1.82, 2.24) is 9.80 Å². The summed E-state index contributed by atoms with van der Waals surface area (Å²) in [6.07, 6.45) is 1.23. The van der Waals surface area contributed by atoms with E-state index in [9.17, 15) is 20.6 Å². The standard InChI is InChI=1S/C34H36N6O5/c1-2-43-30-18-25(8-9-29(30)44-17-14-39-12-15-42-16-13-39)31-28-20-40(33(41)45-21-24-6-4-3-5-7-24)11-10-26(28)27(19-35)32(38)34(31,22-36)23-37/h3-10,18,28,31H,2,11-17,20-21,38H2,1H3/t28-,31+/m0/s1. The third-order valence-corrected chi connectivity index (χ3v) is 8.52. The molecule has 0 unspecified atom stereocenters. The number of nitriles is 3. The monoisotopic (exact) mass is 608 g/mol. The molecule has 1 saturated heterocycles. The maximum atomic E-state index is 13.2. The minimum atomic E-state index is -1.87. The molecule has 0 aromatic heterocycles. The molecule has 2 aromatic carbocycles. The number of morpholine rings is 1. The summed E-state index contributed by atoms with van der Waals surface area (Å²) < 4.78 is 23.1. The van der Waals surface area contributed by atoms with E-state index >= 15 is 0 Å². The van der Waals surface area contributed by atoms with Gasteiger partial charge in [-0.15, -0.1) is 0 Å². The van der Waals surface area contributed by atoms with Crippen molar-refractivity contribution in [2.24, 2.45) is 17.1 Å². The lowest BCUT2D eigenvalue weighted by Crippen LogP contribution is -2.49. The van der Waals surface area contributed by atoms with E-state index in [1.165, 1.54) is 4.90 Å². The molecule has 0 bridgehead atoms. The zero-order valence-corrected chi connectivity index (χ0v) is 25.3. The van der Waals surface area contributed by atoms with Crippen LogP contribution in [-0.2, 0) is 16.1 Å². The van der Waals surface area contributed by atoms with Gasteiger partial charge in [-0.3, -0.25) is 4.90 Å². The predicted octanol–water partition coefficient (Wildman–Crippen LogP) is 3.86. The van der Waals surface area contributed by atoms with E-state index in [1.807, 2.05) is 37.3 Å². The van der Waals surface area contributed by atoms with Crippen LogP contribution in [0.2, 0.25) is 0 Å². The molecule has 2 aromatic rings. The summed E-state index contributed by atoms with van der Waals surface area (Å²) in [5.41, 5.74) is 6.70. The average Bonchev–Trinajstić information content (AvgIpc) is 3.08. The van der Waals surface area contributed by atoms with Crippen LogP contribution in [0.1, 0.15) is 24.0 Å². The summed E-state index contributed by atoms with van der Waals surface area (Å²) in [4.78, 5) is 17.0. The summed E-state index contributed by atoms with van der Waals surface area (Å²) >= 11 is 0. The number of amides is 1. The Hall–Kier alpha value is -5.02. The lowest BCUT2D eigenvalue weighted by Gasteiger charge is -2.45. The van der Waals surface area contributed by atoms with Crippen molar-refractivity contribution in [2.75, 3.05) is 59.2 Å². The fraction of sp³-hybridized carbons (Fsp3) is 0.412. The SMILES string of the molecule is CCOc1cc([C@@H]2[C@H]3CN(C(=O)OCc4ccccc4)CC=C3C(C#N)=C(N)C2(C#N)C#N)ccc1OCCN1CCOCC1. The maximum absolute atomic E-state index is 13.2. The van der Waals surface area contributed by atoms with Crippen LogP contribution in [0.25, 0.3) is 0 Å². The van der Waals surface area contributed by atoms with E-state index < -0.39 is 23.3 Å². The summed E-state index contributed by atoms with van der Waals surface area (Å²) in [6, 6.07) is 21.1. The molecule has 3 aliphatic rings. The Kier molecular flexibility index (Phi) is 9.89. The molecule has 1 fully saturated rings. The van der Waals surface area contributed by atoms with E-state index in [0.29, 0.717) is 49.1 Å². The second-order valence-corrected chi connectivity index (χ2v) is 11.1. The van der Waals surface area contributed by atoms with Crippen LogP contribution in [0.4, 0.5) is 4.79 Å². The zero-order chi connectivity index (χ0) is 31.8. The van der Waals surface area contributed by atoms with E-state index in [4.69, 9.17) is 24.7 Å². The molecular weight excluding hydrogens is 572 g/mol. The van der Waals surface area contributed by atoms with Gasteiger partial charge in [0.2, 0.25) is 0 Å². The third kappa shape index (κ3) is 6.44. The highest BCUT2D eigenvalue weighted by molar-refractivity contribution is 5.69. The Morgan fingerprint density at radius 3 is 2.51 bits per heavy atom. The Morgan fingerprint density at radius 1 is 1.07 bits per heavy atom. The number of ether oxygens (including phenoxy) is 4. The minimum absolute atomic E-state index is 0.0913. The summed E-state index contributed by atoms with van der Waals surface area (Å²) in [5, 5.41) is 31.1. The molecule has 5 rings (SSSR count). The second kappa shape index (κ2) is 14.2. The Bertz CT molecular complexity index is 1560. The van der Waals surface area contributed by atoms with Crippen molar-refractivity contribution >= 4 is 6.09 Å². The summed E-state index contributed by atoms with van der Waals surface area (Å²) in [6.45, 7) is 6.91. The van der Waals surface area contributed by atoms with E-state index in [-0.39, 0.29) is 31.0 Å². The number of allylic oxidation sites excluding steroid dienone is 2. The quantitative estimate of drug-likeness (QED) is 0.443. The smallest absolute Gasteiger partial charge is 0.410 e. The van der Waals surface area contributed by atoms with Crippen molar-refractivity contribution < 1.29 is 23.7 Å². The molecule has 2 aliphatic heterocycles. The van der Waals surface area contributed by atoms with Crippen molar-refractivity contribution in [2.45, 2.75) is 19.4 Å². The lowest BCUT2D eigenvalue weighted by molar-refractivity contribution is 0.0321. The van der Waals surface area contributed by atoms with Crippen LogP contribution in [-0.4, -0.2) is 75.0 Å². The molecular formula is C34H36N6O5. The number of carbonyl (C=O) groups excluding carboxylic acids is 1. The van der Waals surface area contributed by atoms with Crippen LogP contribution in [0.15, 0.2) is 71.5 Å². The Balaban J connectivity index is 1.46. The average molecular weight is 609 g/mol. The first-order chi connectivity index (χ1) is 21.9. The number of hydrogen-bond donors (Lipinski definition) is 1. The highest BCUT2D eigenvalue weighted by Gasteiger charge is 2.55. The molecule has 2 N–H and O–H groups in total. The highest BCUT2D eigenvalue weighted by Crippen LogP contribution is 2.55. The molecule has 11 nitrogen and oxygen atoms in total. The first kappa shape index (κ1) is 31.4. The molecule has 2 heterocycles. The summed E-state index contributed by atoms with van der Waals surface area (Å²) in [7, 11) is 0. The van der Waals surface area contributed by atoms with E-state index in [1.54, 1.807) is 24.3 Å². The predicted molar refractivity (Wildman–Crippen MR) is 163 cm³/mol. The van der Waals surface area contributed by atoms with Crippen molar-refractivity contribution in [3.8, 4) is 29.7 Å². The van der Waals surface area contributed by atoms with Crippen molar-refractivity contribution in [3.05, 3.63) is 82.6 Å². The number of nitrogens with zero attached hydrogens (tertiary/aromatic N) is 5. The highest BCUT2D eigenvalue weighted by atomic mass is 16.6. The number of fused-ring (bicyclic) bond motifs is 1. The van der Waals surface area contributed by atoms with Crippen LogP contribution in [0.3, 0.4) is 0 Å². The van der Waals surface area contributed by atoms with Crippen LogP contribution in [0, 0.1) is 45.3 Å². The van der Waals surface area contributed by atoms with Crippen LogP contribution < -0.4 is 15.2 Å². The molecule has 0 radical (unpaired) electrons. The molecule has 2 atom stereocenters. The molecule has 11 heteroatoms. The van der Waals surface area contributed by atoms with Gasteiger partial charge in [0.1, 0.15) is 19.3 Å². The normalized spacial score (nSPS) is 20.9. The van der Waals surface area contributed by atoms with Gasteiger partial charge >= 0.3 is 6.09 Å². The number of hydrogen-bond acceptors (Lipinski definition) is 10. The fourth-order valence-corrected chi connectivity index (χ4v) is 6.23. The topological polar surface area (TPSA) is 158 Å². The van der Waals surface area contributed by atoms with Crippen LogP contribution >= 0.6 is 0 Å². The minimum Gasteiger partial charge on any atom is -0.490 e. The molecule has 45 heavy (non-hydrogen) atoms. The van der Waals surface area contributed by atoms with Crippen molar-refractivity contribution in [3.63, 3.8) is 0 Å². The zero-order valence-electron chi connectivity index (χ0n) is 25.3. The van der Waals surface area contributed by atoms with Gasteiger partial charge in [0.05, 0.1) is 43.2 Å². The maximum Gasteiger partial charge on any atom is 0.410 e. The van der Waals surface area contributed by atoms with Gasteiger partial charge in [0.25, 0.3) is 0 Å². The van der Waals surface area contributed by atoms with Gasteiger partial charge in [-0.2, -0.15) is 15.8 Å². The second-order valence-electron chi connectivity index (χ2n) is 11.1. The van der Waals surface area contributed by atoms with E-state index in [0.717, 1.165) is 25.2 Å². The lowest BCUT2D eigenvalue weighted by atomic mass is 9.58. The summed E-state index contributed by atoms with van der Waals surface area (Å²) in [5.74, 6) is -0.402. The van der Waals surface area contributed by atoms with Crippen molar-refractivity contribution in [1.29, 1.82) is 15.8 Å². The molecule has 0 spiro atoms. The van der Waals surface area contributed by atoms with Gasteiger partial charge in [0.15, 0.2) is 16.9 Å². The molecule has 0 saturated carbocycles. The van der Waals surface area contributed by atoms with Gasteiger partial charge in [-0.25, -0.2) is 4.79 Å². The number of rotatable bonds is 9. The van der Waals surface area contributed by atoms with Gasteiger partial charge in [-0.1, -0.05) is 42.5 Å². The number of benzene rings is 2. The third-order valence-electron chi connectivity index (χ3n) is 8.52. The number of carbonyl (C=O) groups is 1. The van der Waals surface area contributed by atoms with Crippen LogP contribution in [0.5, 0.6) is 11.5 Å². The fourth-order valence-electron chi connectivity index (χ4n) is 6.23. The molecule has 1 aliphatic carbocycles. The van der Waals surface area contributed by atoms with Gasteiger partial charge in [0, 0.05) is 44.6 Å². The van der Waals surface area contributed by atoms with Gasteiger partial charge in [-0.05, 0) is 35.8 Å². The molecule has 232 valence electrons. The Morgan fingerprint density at radius 2 is 1.82 bits per heavy atom. The number of nitrogens with two attached hydrogens (primary N) is 1. The first-order valence-electron chi connectivity index (χ1n) is 15.0. The molecule has 1 amide bonds. The van der Waals surface area contributed by atoms with E-state index in [2.05, 4.69) is 23.1 Å². The first-order valence-corrected chi connectivity index (χ1v) is 15.0. The largest absolute Gasteiger partial charge is 0.490 e. The Labute approximate surface area is 263 Å².